The number of piperidine rings is 1. The number of aromatic hydroxyl groups is 1. The molecule has 286 valence electrons. The van der Waals surface area contributed by atoms with Gasteiger partial charge in [-0.1, -0.05) is 57.2 Å². The highest BCUT2D eigenvalue weighted by molar-refractivity contribution is 7.13. The Kier molecular flexibility index (Phi) is 11.4. The number of aromatic nitrogens is 3. The number of nitrogen functional groups attached to an aromatic ring is 1. The number of para-hydroxylation sites is 1. The number of nitrogens with two attached hydrogens (primary N) is 1. The van der Waals surface area contributed by atoms with Crippen molar-refractivity contribution >= 4 is 40.7 Å². The number of thiazole rings is 1. The zero-order valence-corrected chi connectivity index (χ0v) is 32.0. The maximum Gasteiger partial charge on any atom is 0.408 e. The molecule has 0 spiro atoms. The molecular weight excluding hydrogens is 709 g/mol. The van der Waals surface area contributed by atoms with E-state index in [1.54, 1.807) is 41.7 Å². The van der Waals surface area contributed by atoms with Crippen molar-refractivity contribution in [3.05, 3.63) is 71.4 Å². The molecule has 54 heavy (non-hydrogen) atoms. The Morgan fingerprint density at radius 1 is 1.04 bits per heavy atom. The molecule has 4 aromatic rings. The van der Waals surface area contributed by atoms with Gasteiger partial charge in [-0.25, -0.2) is 9.78 Å². The number of likely N-dealkylation sites (tertiary alicyclic amines) is 1. The molecule has 0 aliphatic carbocycles. The van der Waals surface area contributed by atoms with Gasteiger partial charge < -0.3 is 41.1 Å². The van der Waals surface area contributed by atoms with Crippen molar-refractivity contribution in [2.24, 2.45) is 5.41 Å². The summed E-state index contributed by atoms with van der Waals surface area (Å²) in [7, 11) is 0. The SMILES string of the molecule is Cc1ncsc1-c1ccc([C@H](C)NC(=O)[C@@H]2C[C@@H](O)CN2C(=O)C(NC(=O)OC2CCN(c3cc(-c4ccccc4O)nnc3N)CC2)C(C)(C)C)cc1. The molecular formula is C39H48N8O6S. The van der Waals surface area contributed by atoms with Crippen LogP contribution >= 0.6 is 11.3 Å². The predicted octanol–water partition coefficient (Wildman–Crippen LogP) is 4.81. The molecule has 0 bridgehead atoms. The number of nitrogens with one attached hydrogen (secondary N) is 2. The van der Waals surface area contributed by atoms with Crippen LogP contribution in [0.1, 0.15) is 64.3 Å². The van der Waals surface area contributed by atoms with Gasteiger partial charge in [0.1, 0.15) is 23.9 Å². The second-order valence-electron chi connectivity index (χ2n) is 15.1. The van der Waals surface area contributed by atoms with Crippen LogP contribution in [0, 0.1) is 12.3 Å². The van der Waals surface area contributed by atoms with Crippen LogP contribution in [-0.4, -0.2) is 92.1 Å². The van der Waals surface area contributed by atoms with Gasteiger partial charge in [-0.05, 0) is 48.6 Å². The minimum atomic E-state index is -1.03. The lowest BCUT2D eigenvalue weighted by atomic mass is 9.85. The number of hydrogen-bond acceptors (Lipinski definition) is 12. The summed E-state index contributed by atoms with van der Waals surface area (Å²) in [4.78, 5) is 49.9. The Morgan fingerprint density at radius 2 is 1.74 bits per heavy atom. The lowest BCUT2D eigenvalue weighted by molar-refractivity contribution is -0.142. The van der Waals surface area contributed by atoms with Crippen LogP contribution in [0.3, 0.4) is 0 Å². The predicted molar refractivity (Wildman–Crippen MR) is 207 cm³/mol. The molecule has 3 amide bonds. The van der Waals surface area contributed by atoms with Gasteiger partial charge in [0, 0.05) is 44.5 Å². The number of benzene rings is 2. The van der Waals surface area contributed by atoms with Crippen molar-refractivity contribution in [3.8, 4) is 27.4 Å². The zero-order chi connectivity index (χ0) is 38.7. The molecule has 14 nitrogen and oxygen atoms in total. The summed E-state index contributed by atoms with van der Waals surface area (Å²) in [5.41, 5.74) is 11.9. The molecule has 6 rings (SSSR count). The van der Waals surface area contributed by atoms with Crippen molar-refractivity contribution < 1.29 is 29.3 Å². The van der Waals surface area contributed by atoms with E-state index in [-0.39, 0.29) is 36.5 Å². The van der Waals surface area contributed by atoms with Gasteiger partial charge in [0.05, 0.1) is 39.6 Å². The third-order valence-electron chi connectivity index (χ3n) is 10.1. The van der Waals surface area contributed by atoms with Gasteiger partial charge in [0.15, 0.2) is 5.82 Å². The number of phenolic OH excluding ortho intramolecular Hbond substituents is 1. The third-order valence-corrected chi connectivity index (χ3v) is 11.0. The van der Waals surface area contributed by atoms with E-state index in [0.717, 1.165) is 21.7 Å². The highest BCUT2D eigenvalue weighted by Crippen LogP contribution is 2.33. The lowest BCUT2D eigenvalue weighted by Crippen LogP contribution is -2.58. The Balaban J connectivity index is 1.06. The summed E-state index contributed by atoms with van der Waals surface area (Å²) in [6, 6.07) is 14.3. The van der Waals surface area contributed by atoms with Gasteiger partial charge in [0.25, 0.3) is 0 Å². The lowest BCUT2D eigenvalue weighted by Gasteiger charge is -2.36. The third kappa shape index (κ3) is 8.57. The number of aliphatic hydroxyl groups excluding tert-OH is 1. The number of hydrogen-bond donors (Lipinski definition) is 5. The van der Waals surface area contributed by atoms with E-state index in [0.29, 0.717) is 42.9 Å². The minimum absolute atomic E-state index is 0.0332. The fourth-order valence-corrected chi connectivity index (χ4v) is 7.81. The number of amides is 3. The summed E-state index contributed by atoms with van der Waals surface area (Å²) in [6.07, 6.45) is -0.958. The van der Waals surface area contributed by atoms with Crippen molar-refractivity contribution in [3.63, 3.8) is 0 Å². The minimum Gasteiger partial charge on any atom is -0.507 e. The molecule has 1 unspecified atom stereocenters. The molecule has 6 N–H and O–H groups in total. The number of anilines is 2. The first-order valence-electron chi connectivity index (χ1n) is 18.1. The van der Waals surface area contributed by atoms with E-state index < -0.39 is 41.7 Å². The first-order chi connectivity index (χ1) is 25.7. The number of carbonyl (C=O) groups excluding carboxylic acids is 3. The average molecular weight is 757 g/mol. The number of ether oxygens (including phenoxy) is 1. The molecule has 2 aliphatic heterocycles. The van der Waals surface area contributed by atoms with Crippen LogP contribution in [0.4, 0.5) is 16.3 Å². The van der Waals surface area contributed by atoms with Crippen LogP contribution in [0.25, 0.3) is 21.7 Å². The number of alkyl carbamates (subject to hydrolysis) is 1. The number of aliphatic hydroxyl groups is 1. The highest BCUT2D eigenvalue weighted by atomic mass is 32.1. The maximum absolute atomic E-state index is 14.1. The van der Waals surface area contributed by atoms with Crippen molar-refractivity contribution in [1.29, 1.82) is 0 Å². The smallest absolute Gasteiger partial charge is 0.408 e. The fraction of sp³-hybridized carbons (Fsp3) is 0.436. The van der Waals surface area contributed by atoms with Gasteiger partial charge >= 0.3 is 6.09 Å². The van der Waals surface area contributed by atoms with E-state index in [4.69, 9.17) is 10.5 Å². The molecule has 15 heteroatoms. The molecule has 0 radical (unpaired) electrons. The standard InChI is InChI=1S/C39H48N8O6S/c1-22(24-10-12-25(13-11-24)33-23(2)41-21-54-33)42-36(50)31-18-26(48)20-47(31)37(51)34(39(3,4)5)43-38(52)53-27-14-16-46(17-15-27)30-19-29(44-45-35(30)40)28-8-6-7-9-32(28)49/h6-13,19,21-22,26-27,31,34,48-49H,14-18,20H2,1-5H3,(H2,40,45)(H,42,50)(H,43,52)/t22-,26+,31-,34?/m0/s1. The second kappa shape index (κ2) is 16.0. The Morgan fingerprint density at radius 3 is 2.39 bits per heavy atom. The first kappa shape index (κ1) is 38.4. The van der Waals surface area contributed by atoms with Crippen LogP contribution in [-0.2, 0) is 14.3 Å². The van der Waals surface area contributed by atoms with E-state index in [2.05, 4.69) is 25.8 Å². The van der Waals surface area contributed by atoms with Gasteiger partial charge in [-0.3, -0.25) is 9.59 Å². The number of aryl methyl sites for hydroxylation is 1. The van der Waals surface area contributed by atoms with Crippen molar-refractivity contribution in [1.82, 2.24) is 30.7 Å². The first-order valence-corrected chi connectivity index (χ1v) is 19.0. The summed E-state index contributed by atoms with van der Waals surface area (Å²) < 4.78 is 5.82. The monoisotopic (exact) mass is 756 g/mol. The summed E-state index contributed by atoms with van der Waals surface area (Å²) in [5.74, 6) is -0.511. The fourth-order valence-electron chi connectivity index (χ4n) is 7.00. The summed E-state index contributed by atoms with van der Waals surface area (Å²) in [6.45, 7) is 10.3. The van der Waals surface area contributed by atoms with E-state index in [9.17, 15) is 24.6 Å². The van der Waals surface area contributed by atoms with Crippen LogP contribution in [0.2, 0.25) is 0 Å². The quantitative estimate of drug-likeness (QED) is 0.157. The van der Waals surface area contributed by atoms with Gasteiger partial charge in [-0.2, -0.15) is 0 Å². The van der Waals surface area contributed by atoms with E-state index >= 15 is 0 Å². The second-order valence-corrected chi connectivity index (χ2v) is 15.9. The molecule has 4 atom stereocenters. The zero-order valence-electron chi connectivity index (χ0n) is 31.2. The number of nitrogens with zero attached hydrogens (tertiary/aromatic N) is 5. The number of β-amino-alcohol motifs (C(OH)–C–C–N with tert-alkyl or cyclic N) is 1. The molecule has 2 fully saturated rings. The topological polar surface area (TPSA) is 196 Å². The molecule has 2 aliphatic rings. The summed E-state index contributed by atoms with van der Waals surface area (Å²) >= 11 is 1.57. The Bertz CT molecular complexity index is 1970. The normalized spacial score (nSPS) is 18.9. The molecule has 2 saturated heterocycles. The highest BCUT2D eigenvalue weighted by Gasteiger charge is 2.45. The molecule has 4 heterocycles. The number of phenols is 1. The number of rotatable bonds is 9. The van der Waals surface area contributed by atoms with Gasteiger partial charge in [0.2, 0.25) is 11.8 Å². The molecule has 0 saturated carbocycles. The Hall–Kier alpha value is -5.28. The largest absolute Gasteiger partial charge is 0.507 e. The van der Waals surface area contributed by atoms with Crippen LogP contribution < -0.4 is 21.3 Å². The van der Waals surface area contributed by atoms with Crippen molar-refractivity contribution in [2.45, 2.75) is 84.2 Å². The Labute approximate surface area is 318 Å². The van der Waals surface area contributed by atoms with Crippen molar-refractivity contribution in [2.75, 3.05) is 30.3 Å². The van der Waals surface area contributed by atoms with Gasteiger partial charge in [-0.15, -0.1) is 21.5 Å². The van der Waals surface area contributed by atoms with E-state index in [1.165, 1.54) is 4.90 Å². The average Bonchev–Trinajstić information content (AvgIpc) is 3.76. The maximum atomic E-state index is 14.1. The van der Waals surface area contributed by atoms with Crippen LogP contribution in [0.15, 0.2) is 60.1 Å². The van der Waals surface area contributed by atoms with Crippen LogP contribution in [0.5, 0.6) is 5.75 Å². The van der Waals surface area contributed by atoms with E-state index in [1.807, 2.05) is 69.3 Å². The molecule has 2 aromatic heterocycles. The number of carbonyl (C=O) groups is 3. The summed E-state index contributed by atoms with van der Waals surface area (Å²) in [5, 5.41) is 35.0. The molecule has 2 aromatic carbocycles.